The number of methoxy groups -OCH3 is 1. The highest BCUT2D eigenvalue weighted by atomic mass is 79.9. The molecule has 1 aromatic carbocycles. The molecule has 15 heavy (non-hydrogen) atoms. The van der Waals surface area contributed by atoms with Crippen LogP contribution in [0.25, 0.3) is 0 Å². The summed E-state index contributed by atoms with van der Waals surface area (Å²) in [5, 5.41) is 0. The number of carbonyl (C=O) groups is 1. The first kappa shape index (κ1) is 10.4. The number of cyclic esters (lactones) is 1. The summed E-state index contributed by atoms with van der Waals surface area (Å²) in [5.41, 5.74) is 1.21. The van der Waals surface area contributed by atoms with Gasteiger partial charge in [0.25, 0.3) is 0 Å². The fourth-order valence-corrected chi connectivity index (χ4v) is 1.90. The number of carbonyl (C=O) groups excluding carboxylic acids is 1. The smallest absolute Gasteiger partial charge is 0.345 e. The molecule has 0 atom stereocenters. The van der Waals surface area contributed by atoms with Crippen LogP contribution in [0.15, 0.2) is 16.6 Å². The second kappa shape index (κ2) is 4.20. The number of rotatable bonds is 2. The van der Waals surface area contributed by atoms with E-state index in [1.165, 1.54) is 0 Å². The van der Waals surface area contributed by atoms with Gasteiger partial charge in [-0.25, -0.2) is 4.79 Å². The molecular formula is C10H9BrO4. The molecule has 2 rings (SSSR count). The molecule has 5 heteroatoms. The van der Waals surface area contributed by atoms with E-state index in [0.717, 1.165) is 10.0 Å². The third-order valence-electron chi connectivity index (χ3n) is 2.09. The second-order valence-electron chi connectivity index (χ2n) is 3.04. The molecule has 80 valence electrons. The van der Waals surface area contributed by atoms with Crippen molar-refractivity contribution < 1.29 is 19.0 Å². The maximum Gasteiger partial charge on any atom is 0.345 e. The average Bonchev–Trinajstić information content (AvgIpc) is 2.23. The second-order valence-corrected chi connectivity index (χ2v) is 3.89. The van der Waals surface area contributed by atoms with Crippen molar-refractivity contribution in [2.24, 2.45) is 0 Å². The summed E-state index contributed by atoms with van der Waals surface area (Å²) in [4.78, 5) is 11.6. The zero-order valence-corrected chi connectivity index (χ0v) is 9.67. The van der Waals surface area contributed by atoms with E-state index in [9.17, 15) is 4.79 Å². The van der Waals surface area contributed by atoms with Crippen molar-refractivity contribution in [1.29, 1.82) is 0 Å². The minimum Gasteiger partial charge on any atom is -0.455 e. The van der Waals surface area contributed by atoms with Crippen LogP contribution in [0, 0.1) is 0 Å². The fourth-order valence-electron chi connectivity index (χ4n) is 1.45. The Labute approximate surface area is 95.3 Å². The van der Waals surface area contributed by atoms with E-state index in [1.54, 1.807) is 7.11 Å². The number of hydrogen-bond acceptors (Lipinski definition) is 4. The monoisotopic (exact) mass is 272 g/mol. The lowest BCUT2D eigenvalue weighted by molar-refractivity contribution is 0.00395. The topological polar surface area (TPSA) is 44.8 Å². The Balaban J connectivity index is 2.54. The molecule has 0 bridgehead atoms. The molecule has 0 radical (unpaired) electrons. The van der Waals surface area contributed by atoms with Gasteiger partial charge in [-0.2, -0.15) is 0 Å². The molecule has 0 N–H and O–H groups in total. The first-order valence-corrected chi connectivity index (χ1v) is 5.13. The SMILES string of the molecule is COCc1ccc(Br)c2c1C(=O)OCO2. The minimum absolute atomic E-state index is 0.0408. The van der Waals surface area contributed by atoms with Crippen LogP contribution in [0.4, 0.5) is 0 Å². The lowest BCUT2D eigenvalue weighted by atomic mass is 10.1. The molecule has 0 saturated carbocycles. The Morgan fingerprint density at radius 2 is 2.27 bits per heavy atom. The van der Waals surface area contributed by atoms with Crippen molar-refractivity contribution in [3.05, 3.63) is 27.7 Å². The predicted octanol–water partition coefficient (Wildman–Crippen LogP) is 2.10. The first-order valence-electron chi connectivity index (χ1n) is 4.34. The van der Waals surface area contributed by atoms with E-state index < -0.39 is 0 Å². The van der Waals surface area contributed by atoms with Crippen molar-refractivity contribution >= 4 is 21.9 Å². The highest BCUT2D eigenvalue weighted by Crippen LogP contribution is 2.34. The van der Waals surface area contributed by atoms with Crippen LogP contribution in [0.2, 0.25) is 0 Å². The summed E-state index contributed by atoms with van der Waals surface area (Å²) in [7, 11) is 1.57. The van der Waals surface area contributed by atoms with Gasteiger partial charge in [0.15, 0.2) is 5.75 Å². The van der Waals surface area contributed by atoms with Crippen LogP contribution >= 0.6 is 15.9 Å². The van der Waals surface area contributed by atoms with Gasteiger partial charge in [0.1, 0.15) is 5.56 Å². The molecule has 0 spiro atoms. The minimum atomic E-state index is -0.371. The van der Waals surface area contributed by atoms with Gasteiger partial charge >= 0.3 is 5.97 Å². The van der Waals surface area contributed by atoms with E-state index in [-0.39, 0.29) is 12.8 Å². The number of fused-ring (bicyclic) bond motifs is 1. The quantitative estimate of drug-likeness (QED) is 0.774. The van der Waals surface area contributed by atoms with Crippen molar-refractivity contribution in [3.8, 4) is 5.75 Å². The number of hydrogen-bond donors (Lipinski definition) is 0. The van der Waals surface area contributed by atoms with Gasteiger partial charge in [0.2, 0.25) is 6.79 Å². The molecule has 0 aliphatic carbocycles. The molecule has 1 aromatic rings. The van der Waals surface area contributed by atoms with Gasteiger partial charge in [-0.1, -0.05) is 6.07 Å². The van der Waals surface area contributed by atoms with Gasteiger partial charge in [-0.05, 0) is 27.6 Å². The molecule has 0 aromatic heterocycles. The maximum absolute atomic E-state index is 11.6. The molecular weight excluding hydrogens is 264 g/mol. The van der Waals surface area contributed by atoms with Crippen molar-refractivity contribution in [2.45, 2.75) is 6.61 Å². The summed E-state index contributed by atoms with van der Waals surface area (Å²) in [5.74, 6) is 0.158. The molecule has 1 aliphatic rings. The van der Waals surface area contributed by atoms with Crippen molar-refractivity contribution in [3.63, 3.8) is 0 Å². The van der Waals surface area contributed by atoms with E-state index in [2.05, 4.69) is 15.9 Å². The normalized spacial score (nSPS) is 14.1. The van der Waals surface area contributed by atoms with Gasteiger partial charge in [-0.3, -0.25) is 0 Å². The van der Waals surface area contributed by atoms with Crippen LogP contribution in [-0.4, -0.2) is 19.9 Å². The summed E-state index contributed by atoms with van der Waals surface area (Å²) >= 11 is 3.32. The van der Waals surface area contributed by atoms with Gasteiger partial charge in [0, 0.05) is 7.11 Å². The fraction of sp³-hybridized carbons (Fsp3) is 0.300. The van der Waals surface area contributed by atoms with Crippen molar-refractivity contribution in [2.75, 3.05) is 13.9 Å². The third kappa shape index (κ3) is 1.85. The summed E-state index contributed by atoms with van der Waals surface area (Å²) in [6.07, 6.45) is 0. The van der Waals surface area contributed by atoms with Crippen LogP contribution in [0.5, 0.6) is 5.75 Å². The standard InChI is InChI=1S/C10H9BrO4/c1-13-4-6-2-3-7(11)9-8(6)10(12)15-5-14-9/h2-3H,4-5H2,1H3. The Morgan fingerprint density at radius 1 is 1.47 bits per heavy atom. The van der Waals surface area contributed by atoms with Crippen LogP contribution in [0.1, 0.15) is 15.9 Å². The molecule has 0 fully saturated rings. The number of ether oxygens (including phenoxy) is 3. The molecule has 4 nitrogen and oxygen atoms in total. The van der Waals surface area contributed by atoms with E-state index in [4.69, 9.17) is 14.2 Å². The number of halogens is 1. The van der Waals surface area contributed by atoms with Crippen LogP contribution in [-0.2, 0) is 16.1 Å². The largest absolute Gasteiger partial charge is 0.455 e. The Kier molecular flexibility index (Phi) is 2.93. The number of benzene rings is 1. The zero-order chi connectivity index (χ0) is 10.8. The molecule has 0 saturated heterocycles. The highest BCUT2D eigenvalue weighted by Gasteiger charge is 2.25. The van der Waals surface area contributed by atoms with Gasteiger partial charge in [-0.15, -0.1) is 0 Å². The predicted molar refractivity (Wildman–Crippen MR) is 55.8 cm³/mol. The van der Waals surface area contributed by atoms with Crippen molar-refractivity contribution in [1.82, 2.24) is 0 Å². The zero-order valence-electron chi connectivity index (χ0n) is 8.08. The molecule has 0 unspecified atom stereocenters. The lowest BCUT2D eigenvalue weighted by Gasteiger charge is -2.20. The Bertz CT molecular complexity index is 403. The molecule has 1 heterocycles. The van der Waals surface area contributed by atoms with E-state index in [1.807, 2.05) is 12.1 Å². The maximum atomic E-state index is 11.6. The van der Waals surface area contributed by atoms with E-state index in [0.29, 0.717) is 17.9 Å². The van der Waals surface area contributed by atoms with Crippen LogP contribution in [0.3, 0.4) is 0 Å². The average molecular weight is 273 g/mol. The lowest BCUT2D eigenvalue weighted by Crippen LogP contribution is -2.20. The Hall–Kier alpha value is -1.07. The summed E-state index contributed by atoms with van der Waals surface area (Å²) in [6, 6.07) is 3.63. The number of esters is 1. The highest BCUT2D eigenvalue weighted by molar-refractivity contribution is 9.10. The molecule has 0 amide bonds. The Morgan fingerprint density at radius 3 is 3.00 bits per heavy atom. The first-order chi connectivity index (χ1) is 7.24. The summed E-state index contributed by atoms with van der Waals surface area (Å²) in [6.45, 7) is 0.314. The van der Waals surface area contributed by atoms with Gasteiger partial charge in [0.05, 0.1) is 11.1 Å². The van der Waals surface area contributed by atoms with E-state index >= 15 is 0 Å². The molecule has 1 aliphatic heterocycles. The van der Waals surface area contributed by atoms with Gasteiger partial charge < -0.3 is 14.2 Å². The summed E-state index contributed by atoms with van der Waals surface area (Å²) < 4.78 is 15.8. The third-order valence-corrected chi connectivity index (χ3v) is 2.72. The van der Waals surface area contributed by atoms with Crippen LogP contribution < -0.4 is 4.74 Å².